The average Bonchev–Trinajstić information content (AvgIpc) is 2.69. The van der Waals surface area contributed by atoms with Gasteiger partial charge in [0.05, 0.1) is 11.5 Å². The largest absolute Gasteiger partial charge is 0.381 e. The second-order valence-electron chi connectivity index (χ2n) is 6.55. The van der Waals surface area contributed by atoms with E-state index in [0.717, 1.165) is 5.56 Å². The van der Waals surface area contributed by atoms with Gasteiger partial charge in [-0.25, -0.2) is 4.39 Å². The molecule has 1 aliphatic rings. The van der Waals surface area contributed by atoms with E-state index in [-0.39, 0.29) is 18.3 Å². The van der Waals surface area contributed by atoms with Crippen molar-refractivity contribution in [2.45, 2.75) is 24.4 Å². The van der Waals surface area contributed by atoms with E-state index in [2.05, 4.69) is 5.32 Å². The number of carbonyl (C=O) groups excluding carboxylic acids is 1. The molecule has 4 nitrogen and oxygen atoms in total. The maximum atomic E-state index is 13.5. The fraction of sp³-hybridized carbons (Fsp3) is 0.381. The zero-order valence-electron chi connectivity index (χ0n) is 14.9. The monoisotopic (exact) mass is 357 g/mol. The Hall–Kier alpha value is -2.24. The number of ether oxygens (including phenoxy) is 2. The minimum Gasteiger partial charge on any atom is -0.381 e. The molecular formula is C21H24FNO3. The van der Waals surface area contributed by atoms with E-state index in [4.69, 9.17) is 9.47 Å². The highest BCUT2D eigenvalue weighted by Crippen LogP contribution is 2.35. The number of carbonyl (C=O) groups is 1. The molecule has 3 rings (SSSR count). The normalized spacial score (nSPS) is 17.5. The third-order valence-electron chi connectivity index (χ3n) is 5.06. The van der Waals surface area contributed by atoms with Gasteiger partial charge in [-0.1, -0.05) is 42.5 Å². The van der Waals surface area contributed by atoms with Crippen LogP contribution in [0.4, 0.5) is 4.39 Å². The highest BCUT2D eigenvalue weighted by molar-refractivity contribution is 5.88. The van der Waals surface area contributed by atoms with Gasteiger partial charge in [-0.3, -0.25) is 4.79 Å². The van der Waals surface area contributed by atoms with Crippen LogP contribution in [-0.2, 0) is 19.7 Å². The Balaban J connectivity index is 1.76. The summed E-state index contributed by atoms with van der Waals surface area (Å²) in [5.74, 6) is -0.355. The predicted molar refractivity (Wildman–Crippen MR) is 97.3 cm³/mol. The number of halogens is 1. The van der Waals surface area contributed by atoms with Crippen LogP contribution in [0.3, 0.4) is 0 Å². The summed E-state index contributed by atoms with van der Waals surface area (Å²) in [6.07, 6.45) is 0.878. The molecule has 1 unspecified atom stereocenters. The molecule has 0 radical (unpaired) electrons. The Labute approximate surface area is 153 Å². The van der Waals surface area contributed by atoms with Gasteiger partial charge in [0.15, 0.2) is 0 Å². The van der Waals surface area contributed by atoms with Crippen molar-refractivity contribution < 1.29 is 18.7 Å². The summed E-state index contributed by atoms with van der Waals surface area (Å²) in [6.45, 7) is 1.40. The van der Waals surface area contributed by atoms with Crippen molar-refractivity contribution in [3.8, 4) is 0 Å². The van der Waals surface area contributed by atoms with Gasteiger partial charge in [0.2, 0.25) is 5.91 Å². The first-order valence-electron chi connectivity index (χ1n) is 8.85. The molecule has 138 valence electrons. The third kappa shape index (κ3) is 3.94. The highest BCUT2D eigenvalue weighted by Gasteiger charge is 2.41. The zero-order chi connectivity index (χ0) is 18.4. The molecule has 0 saturated carbocycles. The minimum atomic E-state index is -0.597. The molecule has 2 aromatic rings. The van der Waals surface area contributed by atoms with Crippen LogP contribution >= 0.6 is 0 Å². The lowest BCUT2D eigenvalue weighted by Gasteiger charge is -2.36. The Morgan fingerprint density at radius 2 is 1.92 bits per heavy atom. The van der Waals surface area contributed by atoms with Crippen molar-refractivity contribution >= 4 is 5.91 Å². The van der Waals surface area contributed by atoms with Crippen molar-refractivity contribution in [2.24, 2.45) is 0 Å². The van der Waals surface area contributed by atoms with Crippen molar-refractivity contribution in [2.75, 3.05) is 26.9 Å². The van der Waals surface area contributed by atoms with Gasteiger partial charge in [-0.15, -0.1) is 0 Å². The summed E-state index contributed by atoms with van der Waals surface area (Å²) in [6, 6.07) is 16.1. The first kappa shape index (κ1) is 18.5. The Morgan fingerprint density at radius 1 is 1.19 bits per heavy atom. The lowest BCUT2D eigenvalue weighted by Crippen LogP contribution is -2.49. The Morgan fingerprint density at radius 3 is 2.58 bits per heavy atom. The summed E-state index contributed by atoms with van der Waals surface area (Å²) in [5, 5.41) is 3.02. The second kappa shape index (κ2) is 8.43. The van der Waals surface area contributed by atoms with Crippen LogP contribution in [0.25, 0.3) is 0 Å². The van der Waals surface area contributed by atoms with Gasteiger partial charge >= 0.3 is 0 Å². The third-order valence-corrected chi connectivity index (χ3v) is 5.06. The second-order valence-corrected chi connectivity index (χ2v) is 6.55. The van der Waals surface area contributed by atoms with Crippen molar-refractivity contribution in [1.29, 1.82) is 0 Å². The summed E-state index contributed by atoms with van der Waals surface area (Å²) >= 11 is 0. The SMILES string of the molecule is COC(CNC(=O)C1(c2ccccc2)CCOCC1)c1cccc(F)c1. The van der Waals surface area contributed by atoms with Gasteiger partial charge < -0.3 is 14.8 Å². The van der Waals surface area contributed by atoms with Crippen LogP contribution in [-0.4, -0.2) is 32.8 Å². The minimum absolute atomic E-state index is 0.0366. The lowest BCUT2D eigenvalue weighted by molar-refractivity contribution is -0.131. The van der Waals surface area contributed by atoms with E-state index < -0.39 is 11.5 Å². The van der Waals surface area contributed by atoms with Gasteiger partial charge in [0, 0.05) is 26.9 Å². The average molecular weight is 357 g/mol. The van der Waals surface area contributed by atoms with Crippen LogP contribution < -0.4 is 5.32 Å². The van der Waals surface area contributed by atoms with Gasteiger partial charge in [-0.2, -0.15) is 0 Å². The van der Waals surface area contributed by atoms with E-state index >= 15 is 0 Å². The maximum absolute atomic E-state index is 13.5. The molecule has 2 aromatic carbocycles. The van der Waals surface area contributed by atoms with Crippen LogP contribution in [0.1, 0.15) is 30.1 Å². The number of benzene rings is 2. The van der Waals surface area contributed by atoms with E-state index in [1.54, 1.807) is 19.2 Å². The van der Waals surface area contributed by atoms with Gasteiger partial charge in [-0.05, 0) is 36.1 Å². The predicted octanol–water partition coefficient (Wildman–Crippen LogP) is 3.38. The molecule has 1 N–H and O–H groups in total. The van der Waals surface area contributed by atoms with Gasteiger partial charge in [0.25, 0.3) is 0 Å². The molecule has 5 heteroatoms. The standard InChI is InChI=1S/C21H24FNO3/c1-25-19(16-6-5-9-18(22)14-16)15-23-20(24)21(10-12-26-13-11-21)17-7-3-2-4-8-17/h2-9,14,19H,10-13,15H2,1H3,(H,23,24). The molecule has 0 bridgehead atoms. The molecule has 1 aliphatic heterocycles. The fourth-order valence-corrected chi connectivity index (χ4v) is 3.52. The van der Waals surface area contributed by atoms with Crippen LogP contribution in [0, 0.1) is 5.82 Å². The molecule has 1 heterocycles. The fourth-order valence-electron chi connectivity index (χ4n) is 3.52. The van der Waals surface area contributed by atoms with Gasteiger partial charge in [0.1, 0.15) is 5.82 Å². The van der Waals surface area contributed by atoms with E-state index in [9.17, 15) is 9.18 Å². The molecule has 0 aliphatic carbocycles. The van der Waals surface area contributed by atoms with Crippen molar-refractivity contribution in [3.63, 3.8) is 0 Å². The van der Waals surface area contributed by atoms with Crippen LogP contribution in [0.15, 0.2) is 54.6 Å². The van der Waals surface area contributed by atoms with E-state index in [1.807, 2.05) is 30.3 Å². The first-order valence-corrected chi connectivity index (χ1v) is 8.85. The molecule has 26 heavy (non-hydrogen) atoms. The lowest BCUT2D eigenvalue weighted by atomic mass is 9.73. The maximum Gasteiger partial charge on any atom is 0.230 e. The Bertz CT molecular complexity index is 729. The van der Waals surface area contributed by atoms with Crippen molar-refractivity contribution in [1.82, 2.24) is 5.32 Å². The molecule has 1 saturated heterocycles. The first-order chi connectivity index (χ1) is 12.7. The number of amides is 1. The molecule has 0 spiro atoms. The summed E-state index contributed by atoms with van der Waals surface area (Å²) < 4.78 is 24.4. The molecule has 1 atom stereocenters. The molecule has 1 amide bonds. The number of rotatable bonds is 6. The van der Waals surface area contributed by atoms with Crippen molar-refractivity contribution in [3.05, 3.63) is 71.5 Å². The summed E-state index contributed by atoms with van der Waals surface area (Å²) in [5.41, 5.74) is 1.11. The zero-order valence-corrected chi connectivity index (χ0v) is 14.9. The summed E-state index contributed by atoms with van der Waals surface area (Å²) in [4.78, 5) is 13.1. The number of nitrogens with one attached hydrogen (secondary N) is 1. The Kier molecular flexibility index (Phi) is 6.01. The van der Waals surface area contributed by atoms with E-state index in [0.29, 0.717) is 31.6 Å². The quantitative estimate of drug-likeness (QED) is 0.862. The smallest absolute Gasteiger partial charge is 0.230 e. The summed E-state index contributed by atoms with van der Waals surface area (Å²) in [7, 11) is 1.56. The van der Waals surface area contributed by atoms with Crippen LogP contribution in [0.5, 0.6) is 0 Å². The molecular weight excluding hydrogens is 333 g/mol. The number of hydrogen-bond donors (Lipinski definition) is 1. The van der Waals surface area contributed by atoms with E-state index in [1.165, 1.54) is 12.1 Å². The number of hydrogen-bond acceptors (Lipinski definition) is 3. The highest BCUT2D eigenvalue weighted by atomic mass is 19.1. The topological polar surface area (TPSA) is 47.6 Å². The molecule has 1 fully saturated rings. The molecule has 0 aromatic heterocycles. The van der Waals surface area contributed by atoms with Crippen LogP contribution in [0.2, 0.25) is 0 Å². The number of methoxy groups -OCH3 is 1.